The number of carbonyl (C=O) groups is 1. The van der Waals surface area contributed by atoms with E-state index in [9.17, 15) is 4.79 Å². The molecule has 0 spiro atoms. The topological polar surface area (TPSA) is 38.8 Å². The number of ether oxygens (including phenoxy) is 1. The van der Waals surface area contributed by atoms with Crippen molar-refractivity contribution in [3.05, 3.63) is 23.8 Å². The first kappa shape index (κ1) is 31.9. The van der Waals surface area contributed by atoms with Gasteiger partial charge in [-0.1, -0.05) is 77.9 Å². The van der Waals surface area contributed by atoms with E-state index in [0.29, 0.717) is 11.9 Å². The van der Waals surface area contributed by atoms with Crippen molar-refractivity contribution in [2.24, 2.45) is 0 Å². The molecule has 1 fully saturated rings. The molecule has 1 aliphatic rings. The van der Waals surface area contributed by atoms with Crippen LogP contribution in [-0.4, -0.2) is 39.7 Å². The third-order valence-corrected chi connectivity index (χ3v) is 9.80. The maximum absolute atomic E-state index is 12.7. The molecule has 6 heteroatoms. The monoisotopic (exact) mass is 547 g/mol. The Bertz CT molecular complexity index is 797. The molecule has 1 amide bonds. The zero-order valence-corrected chi connectivity index (χ0v) is 27.3. The van der Waals surface area contributed by atoms with Crippen LogP contribution in [0.25, 0.3) is 0 Å². The minimum atomic E-state index is -1.64. The number of aryl methyl sites for hydroxylation is 1. The van der Waals surface area contributed by atoms with E-state index < -0.39 is 16.6 Å². The summed E-state index contributed by atoms with van der Waals surface area (Å²) in [6, 6.07) is 7.08. The standard InChI is InChI=1S/C31H57NO3Si2/c1-8-9-16-19-27-24-29(26-30(25-27)35-37(5,6)7)34-23-18-15-13-11-10-12-14-17-20-31(33)32(28-21-22-28)36(2,3)4/h24-26,28H,8-23H2,1-7H3. The second kappa shape index (κ2) is 16.0. The van der Waals surface area contributed by atoms with Crippen molar-refractivity contribution >= 4 is 22.5 Å². The number of nitrogens with zero attached hydrogens (tertiary/aromatic N) is 1. The van der Waals surface area contributed by atoms with Crippen LogP contribution in [0.3, 0.4) is 0 Å². The van der Waals surface area contributed by atoms with Gasteiger partial charge in [-0.15, -0.1) is 0 Å². The van der Waals surface area contributed by atoms with Crippen LogP contribution in [0, 0.1) is 0 Å². The molecule has 0 aliphatic heterocycles. The van der Waals surface area contributed by atoms with Gasteiger partial charge in [-0.05, 0) is 75.9 Å². The predicted octanol–water partition coefficient (Wildman–Crippen LogP) is 9.35. The molecule has 0 heterocycles. The number of hydrogen-bond acceptors (Lipinski definition) is 3. The Morgan fingerprint density at radius 3 is 1.97 bits per heavy atom. The second-order valence-electron chi connectivity index (χ2n) is 13.1. The van der Waals surface area contributed by atoms with Gasteiger partial charge in [0.25, 0.3) is 0 Å². The number of benzene rings is 1. The van der Waals surface area contributed by atoms with Gasteiger partial charge >= 0.3 is 0 Å². The van der Waals surface area contributed by atoms with Crippen molar-refractivity contribution in [3.8, 4) is 11.5 Å². The van der Waals surface area contributed by atoms with Crippen LogP contribution in [0.4, 0.5) is 0 Å². The Balaban J connectivity index is 1.58. The molecule has 1 saturated carbocycles. The smallest absolute Gasteiger partial charge is 0.242 e. The highest BCUT2D eigenvalue weighted by atomic mass is 28.4. The summed E-state index contributed by atoms with van der Waals surface area (Å²) in [4.78, 5) is 12.7. The first-order valence-corrected chi connectivity index (χ1v) is 22.1. The van der Waals surface area contributed by atoms with Crippen molar-refractivity contribution < 1.29 is 14.0 Å². The van der Waals surface area contributed by atoms with Gasteiger partial charge in [0.1, 0.15) is 11.5 Å². The lowest BCUT2D eigenvalue weighted by atomic mass is 10.1. The van der Waals surface area contributed by atoms with Gasteiger partial charge in [0.15, 0.2) is 8.24 Å². The van der Waals surface area contributed by atoms with Gasteiger partial charge < -0.3 is 13.7 Å². The van der Waals surface area contributed by atoms with Crippen molar-refractivity contribution in [2.75, 3.05) is 6.61 Å². The molecule has 0 N–H and O–H groups in total. The zero-order chi connectivity index (χ0) is 27.3. The molecule has 0 bridgehead atoms. The maximum Gasteiger partial charge on any atom is 0.242 e. The minimum absolute atomic E-state index is 0.423. The maximum atomic E-state index is 12.7. The highest BCUT2D eigenvalue weighted by Gasteiger charge is 2.39. The first-order valence-electron chi connectivity index (χ1n) is 15.3. The molecular formula is C31H57NO3Si2. The van der Waals surface area contributed by atoms with E-state index in [1.54, 1.807) is 0 Å². The van der Waals surface area contributed by atoms with Crippen LogP contribution in [0.2, 0.25) is 39.3 Å². The second-order valence-corrected chi connectivity index (χ2v) is 22.3. The molecule has 1 aromatic carbocycles. The third-order valence-electron chi connectivity index (χ3n) is 6.89. The van der Waals surface area contributed by atoms with E-state index in [0.717, 1.165) is 43.8 Å². The van der Waals surface area contributed by atoms with E-state index in [4.69, 9.17) is 9.16 Å². The van der Waals surface area contributed by atoms with Gasteiger partial charge in [-0.3, -0.25) is 4.79 Å². The Morgan fingerprint density at radius 1 is 0.811 bits per heavy atom. The van der Waals surface area contributed by atoms with Gasteiger partial charge in [0, 0.05) is 18.5 Å². The summed E-state index contributed by atoms with van der Waals surface area (Å²) in [6.07, 6.45) is 17.7. The van der Waals surface area contributed by atoms with Crippen LogP contribution in [-0.2, 0) is 11.2 Å². The normalized spacial score (nSPS) is 14.0. The van der Waals surface area contributed by atoms with Gasteiger partial charge in [0.2, 0.25) is 14.2 Å². The quantitative estimate of drug-likeness (QED) is 0.121. The van der Waals surface area contributed by atoms with E-state index in [1.807, 2.05) is 0 Å². The molecule has 0 unspecified atom stereocenters. The molecule has 1 aliphatic carbocycles. The fourth-order valence-electron chi connectivity index (χ4n) is 5.06. The van der Waals surface area contributed by atoms with Crippen molar-refractivity contribution in [1.29, 1.82) is 0 Å². The highest BCUT2D eigenvalue weighted by Crippen LogP contribution is 2.32. The van der Waals surface area contributed by atoms with Gasteiger partial charge in [-0.2, -0.15) is 0 Å². The molecule has 4 nitrogen and oxygen atoms in total. The fourth-order valence-corrected chi connectivity index (χ4v) is 8.10. The predicted molar refractivity (Wildman–Crippen MR) is 164 cm³/mol. The number of unbranched alkanes of at least 4 members (excludes halogenated alkanes) is 9. The van der Waals surface area contributed by atoms with Crippen LogP contribution in [0.15, 0.2) is 18.2 Å². The molecule has 0 saturated heterocycles. The summed E-state index contributed by atoms with van der Waals surface area (Å²) in [5.41, 5.74) is 1.33. The summed E-state index contributed by atoms with van der Waals surface area (Å²) in [7, 11) is -3.16. The summed E-state index contributed by atoms with van der Waals surface area (Å²) < 4.78 is 14.7. The highest BCUT2D eigenvalue weighted by molar-refractivity contribution is 6.75. The fraction of sp³-hybridized carbons (Fsp3) is 0.774. The van der Waals surface area contributed by atoms with E-state index in [1.165, 1.54) is 76.2 Å². The molecule has 2 rings (SSSR count). The van der Waals surface area contributed by atoms with Crippen LogP contribution >= 0.6 is 0 Å². The van der Waals surface area contributed by atoms with E-state index in [-0.39, 0.29) is 0 Å². The molecule has 0 radical (unpaired) electrons. The minimum Gasteiger partial charge on any atom is -0.544 e. The number of amides is 1. The van der Waals surface area contributed by atoms with Crippen LogP contribution in [0.5, 0.6) is 11.5 Å². The molecule has 212 valence electrons. The Labute approximate surface area is 231 Å². The molecule has 0 atom stereocenters. The van der Waals surface area contributed by atoms with Gasteiger partial charge in [0.05, 0.1) is 6.61 Å². The molecular weight excluding hydrogens is 491 g/mol. The average molecular weight is 548 g/mol. The SMILES string of the molecule is CCCCCc1cc(OCCCCCCCCCCC(=O)N(C2CC2)[Si](C)(C)C)cc(O[Si](C)(C)C)c1. The third kappa shape index (κ3) is 13.9. The molecule has 37 heavy (non-hydrogen) atoms. The number of hydrogen-bond donors (Lipinski definition) is 0. The summed E-state index contributed by atoms with van der Waals surface area (Å²) in [5.74, 6) is 2.36. The van der Waals surface area contributed by atoms with Crippen molar-refractivity contribution in [1.82, 2.24) is 4.57 Å². The average Bonchev–Trinajstić information content (AvgIpc) is 3.60. The lowest BCUT2D eigenvalue weighted by molar-refractivity contribution is -0.127. The van der Waals surface area contributed by atoms with E-state index in [2.05, 4.69) is 69.0 Å². The van der Waals surface area contributed by atoms with E-state index >= 15 is 0 Å². The van der Waals surface area contributed by atoms with Crippen LogP contribution in [0.1, 0.15) is 102 Å². The Morgan fingerprint density at radius 2 is 1.41 bits per heavy atom. The van der Waals surface area contributed by atoms with Gasteiger partial charge in [-0.25, -0.2) is 0 Å². The largest absolute Gasteiger partial charge is 0.544 e. The molecule has 0 aromatic heterocycles. The van der Waals surface area contributed by atoms with Crippen molar-refractivity contribution in [3.63, 3.8) is 0 Å². The summed E-state index contributed by atoms with van der Waals surface area (Å²) >= 11 is 0. The lowest BCUT2D eigenvalue weighted by Gasteiger charge is -2.34. The molecule has 1 aromatic rings. The number of carbonyl (C=O) groups excluding carboxylic acids is 1. The lowest BCUT2D eigenvalue weighted by Crippen LogP contribution is -2.51. The first-order chi connectivity index (χ1) is 17.5. The summed E-state index contributed by atoms with van der Waals surface area (Å²) in [5, 5.41) is 0. The Kier molecular flexibility index (Phi) is 13.8. The van der Waals surface area contributed by atoms with Crippen LogP contribution < -0.4 is 9.16 Å². The zero-order valence-electron chi connectivity index (χ0n) is 25.3. The number of rotatable bonds is 20. The summed E-state index contributed by atoms with van der Waals surface area (Å²) in [6.45, 7) is 16.6. The van der Waals surface area contributed by atoms with Crippen molar-refractivity contribution in [2.45, 2.75) is 149 Å². The Hall–Kier alpha value is -1.28.